The molecule has 1 aliphatic carbocycles. The number of hydrogen-bond donors (Lipinski definition) is 0. The highest BCUT2D eigenvalue weighted by Crippen LogP contribution is 2.55. The summed E-state index contributed by atoms with van der Waals surface area (Å²) in [6, 6.07) is 54.3. The molecule has 0 aliphatic heterocycles. The minimum Gasteiger partial charge on any atom is -0.435 e. The van der Waals surface area contributed by atoms with E-state index in [1.54, 1.807) is 0 Å². The van der Waals surface area contributed by atoms with Crippen molar-refractivity contribution in [1.29, 1.82) is 0 Å². The molecular formula is C47H32N4O. The van der Waals surface area contributed by atoms with Gasteiger partial charge in [0.2, 0.25) is 5.89 Å². The minimum atomic E-state index is -0.248. The maximum absolute atomic E-state index is 6.59. The Morgan fingerprint density at radius 2 is 0.962 bits per heavy atom. The third-order valence-electron chi connectivity index (χ3n) is 10.3. The molecule has 9 aromatic rings. The lowest BCUT2D eigenvalue weighted by Crippen LogP contribution is -2.16. The highest BCUT2D eigenvalue weighted by atomic mass is 16.3. The molecule has 246 valence electrons. The van der Waals surface area contributed by atoms with Crippen LogP contribution in [-0.2, 0) is 5.41 Å². The average molecular weight is 669 g/mol. The topological polar surface area (TPSA) is 64.7 Å². The fourth-order valence-electron chi connectivity index (χ4n) is 7.85. The molecule has 0 fully saturated rings. The number of aromatic nitrogens is 4. The number of fused-ring (bicyclic) bond motifs is 7. The molecule has 52 heavy (non-hydrogen) atoms. The number of hydrogen-bond acceptors (Lipinski definition) is 5. The van der Waals surface area contributed by atoms with Crippen LogP contribution in [0.1, 0.15) is 25.0 Å². The number of rotatable bonds is 5. The lowest BCUT2D eigenvalue weighted by molar-refractivity contribution is 0.623. The van der Waals surface area contributed by atoms with E-state index in [1.807, 2.05) is 91.0 Å². The first-order chi connectivity index (χ1) is 25.5. The summed E-state index contributed by atoms with van der Waals surface area (Å²) >= 11 is 0. The number of oxazole rings is 1. The van der Waals surface area contributed by atoms with E-state index in [0.717, 1.165) is 49.7 Å². The van der Waals surface area contributed by atoms with Crippen molar-refractivity contribution in [2.24, 2.45) is 0 Å². The van der Waals surface area contributed by atoms with Crippen LogP contribution in [0.5, 0.6) is 0 Å². The summed E-state index contributed by atoms with van der Waals surface area (Å²) in [4.78, 5) is 19.7. The van der Waals surface area contributed by atoms with Crippen molar-refractivity contribution < 1.29 is 4.42 Å². The van der Waals surface area contributed by atoms with Crippen molar-refractivity contribution in [2.75, 3.05) is 0 Å². The van der Waals surface area contributed by atoms with Crippen LogP contribution in [0.3, 0.4) is 0 Å². The Kier molecular flexibility index (Phi) is 6.77. The molecule has 7 aromatic carbocycles. The molecule has 0 bridgehead atoms. The molecule has 0 atom stereocenters. The van der Waals surface area contributed by atoms with Crippen LogP contribution in [0.25, 0.3) is 89.7 Å². The maximum Gasteiger partial charge on any atom is 0.227 e. The van der Waals surface area contributed by atoms with E-state index >= 15 is 0 Å². The predicted octanol–water partition coefficient (Wildman–Crippen LogP) is 11.8. The van der Waals surface area contributed by atoms with Crippen LogP contribution in [0.2, 0.25) is 0 Å². The quantitative estimate of drug-likeness (QED) is 0.183. The summed E-state index contributed by atoms with van der Waals surface area (Å²) in [5.41, 5.74) is 12.7. The second-order valence-electron chi connectivity index (χ2n) is 13.9. The van der Waals surface area contributed by atoms with Gasteiger partial charge in [0.05, 0.1) is 0 Å². The Bertz CT molecular complexity index is 2730. The molecule has 2 aromatic heterocycles. The van der Waals surface area contributed by atoms with Gasteiger partial charge >= 0.3 is 0 Å². The predicted molar refractivity (Wildman–Crippen MR) is 210 cm³/mol. The van der Waals surface area contributed by atoms with Gasteiger partial charge in [-0.05, 0) is 57.0 Å². The SMILES string of the molecule is CC1(C)c2ccc3ccc4nc(-c5ccccc5)oc4c3c2-c2cccc(-c3ccc(-c4nc(-c5ccccc5)nc(-c5ccccc5)n4)cc3)c21. The van der Waals surface area contributed by atoms with Crippen molar-refractivity contribution in [3.05, 3.63) is 169 Å². The van der Waals surface area contributed by atoms with E-state index < -0.39 is 0 Å². The lowest BCUT2D eigenvalue weighted by atomic mass is 9.78. The fraction of sp³-hybridized carbons (Fsp3) is 0.0638. The second kappa shape index (κ2) is 11.7. The zero-order chi connectivity index (χ0) is 34.8. The molecule has 10 rings (SSSR count). The fourth-order valence-corrected chi connectivity index (χ4v) is 7.85. The molecule has 0 amide bonds. The Morgan fingerprint density at radius 1 is 0.442 bits per heavy atom. The Labute approximate surface area is 301 Å². The Morgan fingerprint density at radius 3 is 1.58 bits per heavy atom. The highest BCUT2D eigenvalue weighted by molar-refractivity contribution is 6.14. The molecule has 2 heterocycles. The van der Waals surface area contributed by atoms with Crippen LogP contribution in [0.15, 0.2) is 162 Å². The second-order valence-corrected chi connectivity index (χ2v) is 13.9. The number of benzene rings is 7. The first-order valence-corrected chi connectivity index (χ1v) is 17.6. The number of nitrogens with zero attached hydrogens (tertiary/aromatic N) is 4. The van der Waals surface area contributed by atoms with E-state index in [0.29, 0.717) is 23.4 Å². The van der Waals surface area contributed by atoms with E-state index in [2.05, 4.69) is 80.6 Å². The van der Waals surface area contributed by atoms with Crippen LogP contribution in [0.4, 0.5) is 0 Å². The first kappa shape index (κ1) is 30.1. The van der Waals surface area contributed by atoms with Crippen molar-refractivity contribution in [1.82, 2.24) is 19.9 Å². The molecule has 0 N–H and O–H groups in total. The van der Waals surface area contributed by atoms with Gasteiger partial charge in [-0.25, -0.2) is 19.9 Å². The molecule has 0 spiro atoms. The molecule has 1 aliphatic rings. The van der Waals surface area contributed by atoms with Crippen molar-refractivity contribution in [2.45, 2.75) is 19.3 Å². The van der Waals surface area contributed by atoms with Crippen LogP contribution < -0.4 is 0 Å². The van der Waals surface area contributed by atoms with E-state index in [-0.39, 0.29) is 5.41 Å². The van der Waals surface area contributed by atoms with Gasteiger partial charge in [0.15, 0.2) is 23.1 Å². The molecule has 0 radical (unpaired) electrons. The van der Waals surface area contributed by atoms with Crippen LogP contribution >= 0.6 is 0 Å². The van der Waals surface area contributed by atoms with Gasteiger partial charge in [0, 0.05) is 33.1 Å². The zero-order valence-electron chi connectivity index (χ0n) is 28.7. The van der Waals surface area contributed by atoms with Gasteiger partial charge in [-0.2, -0.15) is 0 Å². The van der Waals surface area contributed by atoms with Crippen LogP contribution in [0, 0.1) is 0 Å². The standard InChI is InChI=1S/C47H32N4O/c1-47(2)37-27-25-30-26-28-38-42(52-46(48-38)34-17-10-5-11-18-34)39(30)40(37)36-20-12-19-35(41(36)47)29-21-23-33(24-22-29)45-50-43(31-13-6-3-7-14-31)49-44(51-45)32-15-8-4-9-16-32/h3-28H,1-2H3. The molecule has 5 heteroatoms. The van der Waals surface area contributed by atoms with E-state index in [4.69, 9.17) is 24.4 Å². The van der Waals surface area contributed by atoms with Gasteiger partial charge in [-0.15, -0.1) is 0 Å². The van der Waals surface area contributed by atoms with E-state index in [9.17, 15) is 0 Å². The molecule has 5 nitrogen and oxygen atoms in total. The largest absolute Gasteiger partial charge is 0.435 e. The lowest BCUT2D eigenvalue weighted by Gasteiger charge is -2.24. The van der Waals surface area contributed by atoms with E-state index in [1.165, 1.54) is 27.8 Å². The Balaban J connectivity index is 1.10. The molecule has 0 unspecified atom stereocenters. The van der Waals surface area contributed by atoms with Crippen molar-refractivity contribution >= 4 is 21.9 Å². The minimum absolute atomic E-state index is 0.248. The summed E-state index contributed by atoms with van der Waals surface area (Å²) < 4.78 is 6.59. The molecule has 0 saturated heterocycles. The van der Waals surface area contributed by atoms with Gasteiger partial charge in [-0.1, -0.05) is 153 Å². The van der Waals surface area contributed by atoms with Gasteiger partial charge < -0.3 is 4.42 Å². The molecular weight excluding hydrogens is 637 g/mol. The molecule has 0 saturated carbocycles. The van der Waals surface area contributed by atoms with Crippen LogP contribution in [-0.4, -0.2) is 19.9 Å². The third kappa shape index (κ3) is 4.78. The van der Waals surface area contributed by atoms with Gasteiger partial charge in [0.1, 0.15) is 5.52 Å². The maximum atomic E-state index is 6.59. The summed E-state index contributed by atoms with van der Waals surface area (Å²) in [6.07, 6.45) is 0. The highest BCUT2D eigenvalue weighted by Gasteiger charge is 2.39. The van der Waals surface area contributed by atoms with Crippen molar-refractivity contribution in [3.63, 3.8) is 0 Å². The summed E-state index contributed by atoms with van der Waals surface area (Å²) in [5, 5.41) is 2.25. The third-order valence-corrected chi connectivity index (χ3v) is 10.3. The smallest absolute Gasteiger partial charge is 0.227 e. The van der Waals surface area contributed by atoms with Crippen molar-refractivity contribution in [3.8, 4) is 67.9 Å². The average Bonchev–Trinajstić information content (AvgIpc) is 3.75. The normalized spacial score (nSPS) is 13.0. The summed E-state index contributed by atoms with van der Waals surface area (Å²) in [7, 11) is 0. The monoisotopic (exact) mass is 668 g/mol. The summed E-state index contributed by atoms with van der Waals surface area (Å²) in [6.45, 7) is 4.66. The van der Waals surface area contributed by atoms with Gasteiger partial charge in [-0.3, -0.25) is 0 Å². The van der Waals surface area contributed by atoms with Gasteiger partial charge in [0.25, 0.3) is 0 Å². The Hall–Kier alpha value is -6.72. The summed E-state index contributed by atoms with van der Waals surface area (Å²) in [5.74, 6) is 2.58. The zero-order valence-corrected chi connectivity index (χ0v) is 28.7. The first-order valence-electron chi connectivity index (χ1n) is 17.6.